The molecule has 2 aromatic rings. The second-order valence-electron chi connectivity index (χ2n) is 8.07. The summed E-state index contributed by atoms with van der Waals surface area (Å²) in [5.41, 5.74) is 1.43. The number of guanidine groups is 1. The summed E-state index contributed by atoms with van der Waals surface area (Å²) in [4.78, 5) is 9.01. The molecular formula is C23H32N4S. The van der Waals surface area contributed by atoms with E-state index in [9.17, 15) is 0 Å². The number of nitrogens with zero attached hydrogens (tertiary/aromatic N) is 2. The Morgan fingerprint density at radius 3 is 2.82 bits per heavy atom. The number of hydrogen-bond donors (Lipinski definition) is 2. The molecule has 4 rings (SSSR count). The molecule has 1 aromatic carbocycles. The molecule has 4 unspecified atom stereocenters. The van der Waals surface area contributed by atoms with Crippen LogP contribution in [0.1, 0.15) is 48.6 Å². The lowest BCUT2D eigenvalue weighted by Crippen LogP contribution is -2.41. The smallest absolute Gasteiger partial charge is 0.191 e. The normalized spacial score (nSPS) is 28.1. The summed E-state index contributed by atoms with van der Waals surface area (Å²) in [7, 11) is 2.26. The number of hydrogen-bond acceptors (Lipinski definition) is 3. The molecule has 0 spiro atoms. The van der Waals surface area contributed by atoms with Crippen LogP contribution < -0.4 is 10.6 Å². The van der Waals surface area contributed by atoms with Gasteiger partial charge >= 0.3 is 0 Å². The van der Waals surface area contributed by atoms with E-state index in [1.165, 1.54) is 36.2 Å². The van der Waals surface area contributed by atoms with Crippen LogP contribution in [0.15, 0.2) is 52.8 Å². The summed E-state index contributed by atoms with van der Waals surface area (Å²) in [6.45, 7) is 5.10. The minimum absolute atomic E-state index is 0.498. The van der Waals surface area contributed by atoms with Gasteiger partial charge in [-0.25, -0.2) is 0 Å². The quantitative estimate of drug-likeness (QED) is 0.567. The second-order valence-corrected chi connectivity index (χ2v) is 9.05. The molecule has 5 heteroatoms. The predicted molar refractivity (Wildman–Crippen MR) is 119 cm³/mol. The summed E-state index contributed by atoms with van der Waals surface area (Å²) < 4.78 is 0. The summed E-state index contributed by atoms with van der Waals surface area (Å²) in [6.07, 6.45) is 3.71. The van der Waals surface area contributed by atoms with Crippen molar-refractivity contribution in [3.05, 3.63) is 58.3 Å². The molecule has 4 atom stereocenters. The summed E-state index contributed by atoms with van der Waals surface area (Å²) >= 11 is 1.88. The van der Waals surface area contributed by atoms with E-state index in [-0.39, 0.29) is 0 Å². The van der Waals surface area contributed by atoms with Gasteiger partial charge in [-0.05, 0) is 62.7 Å². The zero-order chi connectivity index (χ0) is 19.3. The van der Waals surface area contributed by atoms with Crippen molar-refractivity contribution in [1.29, 1.82) is 0 Å². The number of nitrogens with one attached hydrogen (secondary N) is 2. The van der Waals surface area contributed by atoms with Crippen molar-refractivity contribution in [3.63, 3.8) is 0 Å². The monoisotopic (exact) mass is 396 g/mol. The number of rotatable bonds is 6. The van der Waals surface area contributed by atoms with Gasteiger partial charge in [-0.15, -0.1) is 11.3 Å². The minimum atomic E-state index is 0.498. The molecule has 0 radical (unpaired) electrons. The fourth-order valence-electron chi connectivity index (χ4n) is 4.49. The summed E-state index contributed by atoms with van der Waals surface area (Å²) in [5, 5.41) is 9.32. The first-order valence-electron chi connectivity index (χ1n) is 10.6. The lowest BCUT2D eigenvalue weighted by Gasteiger charge is -2.38. The van der Waals surface area contributed by atoms with Crippen molar-refractivity contribution in [2.75, 3.05) is 26.7 Å². The number of benzene rings is 1. The van der Waals surface area contributed by atoms with Crippen LogP contribution >= 0.6 is 11.3 Å². The average Bonchev–Trinajstić information content (AvgIpc) is 3.27. The minimum Gasteiger partial charge on any atom is -0.357 e. The van der Waals surface area contributed by atoms with Crippen LogP contribution in [0.5, 0.6) is 0 Å². The van der Waals surface area contributed by atoms with Crippen molar-refractivity contribution in [1.82, 2.24) is 15.5 Å². The topological polar surface area (TPSA) is 39.7 Å². The maximum atomic E-state index is 5.01. The lowest BCUT2D eigenvalue weighted by molar-refractivity contribution is 0.128. The molecule has 1 saturated carbocycles. The molecule has 4 nitrogen and oxygen atoms in total. The molecule has 0 amide bonds. The second kappa shape index (κ2) is 9.10. The highest BCUT2D eigenvalue weighted by atomic mass is 32.1. The van der Waals surface area contributed by atoms with E-state index in [1.54, 1.807) is 0 Å². The average molecular weight is 397 g/mol. The molecule has 1 aliphatic carbocycles. The van der Waals surface area contributed by atoms with E-state index in [0.717, 1.165) is 19.0 Å². The van der Waals surface area contributed by atoms with Gasteiger partial charge in [0.15, 0.2) is 5.96 Å². The Bertz CT molecular complexity index is 758. The van der Waals surface area contributed by atoms with Crippen LogP contribution in [-0.4, -0.2) is 43.6 Å². The van der Waals surface area contributed by atoms with Gasteiger partial charge in [0.2, 0.25) is 0 Å². The fourth-order valence-corrected chi connectivity index (χ4v) is 5.47. The maximum absolute atomic E-state index is 5.01. The highest BCUT2D eigenvalue weighted by molar-refractivity contribution is 7.10. The van der Waals surface area contributed by atoms with Gasteiger partial charge in [-0.1, -0.05) is 36.4 Å². The molecule has 28 heavy (non-hydrogen) atoms. The first-order chi connectivity index (χ1) is 13.8. The highest BCUT2D eigenvalue weighted by Gasteiger charge is 2.39. The Balaban J connectivity index is 1.40. The Hall–Kier alpha value is -1.85. The fraction of sp³-hybridized carbons (Fsp3) is 0.522. The molecule has 0 bridgehead atoms. The third kappa shape index (κ3) is 4.58. The van der Waals surface area contributed by atoms with Gasteiger partial charge in [-0.3, -0.25) is 9.89 Å². The molecule has 2 heterocycles. The summed E-state index contributed by atoms with van der Waals surface area (Å²) in [5.74, 6) is 2.17. The van der Waals surface area contributed by atoms with Gasteiger partial charge in [0, 0.05) is 36.0 Å². The number of aliphatic imine (C=N–C) groups is 1. The van der Waals surface area contributed by atoms with Crippen molar-refractivity contribution in [3.8, 4) is 0 Å². The number of thiophene rings is 1. The van der Waals surface area contributed by atoms with Crippen LogP contribution in [-0.2, 0) is 0 Å². The van der Waals surface area contributed by atoms with Gasteiger partial charge < -0.3 is 10.6 Å². The number of piperidine rings is 1. The Kier molecular flexibility index (Phi) is 6.33. The maximum Gasteiger partial charge on any atom is 0.191 e. The van der Waals surface area contributed by atoms with Crippen LogP contribution in [0.4, 0.5) is 0 Å². The zero-order valence-electron chi connectivity index (χ0n) is 17.0. The van der Waals surface area contributed by atoms with Crippen LogP contribution in [0.3, 0.4) is 0 Å². The summed E-state index contributed by atoms with van der Waals surface area (Å²) in [6, 6.07) is 16.3. The SMILES string of the molecule is CCNC(=NCC1CCCN(C)C1c1cccs1)NC1CC1c1ccccc1. The predicted octanol–water partition coefficient (Wildman–Crippen LogP) is 4.24. The molecular weight excluding hydrogens is 364 g/mol. The van der Waals surface area contributed by atoms with Crippen LogP contribution in [0.25, 0.3) is 0 Å². The van der Waals surface area contributed by atoms with E-state index < -0.39 is 0 Å². The highest BCUT2D eigenvalue weighted by Crippen LogP contribution is 2.40. The molecule has 1 saturated heterocycles. The van der Waals surface area contributed by atoms with Gasteiger partial charge in [-0.2, -0.15) is 0 Å². The van der Waals surface area contributed by atoms with Crippen LogP contribution in [0.2, 0.25) is 0 Å². The van der Waals surface area contributed by atoms with Crippen molar-refractivity contribution in [2.24, 2.45) is 10.9 Å². The first kappa shape index (κ1) is 19.5. The molecule has 2 fully saturated rings. The van der Waals surface area contributed by atoms with Crippen molar-refractivity contribution < 1.29 is 0 Å². The Morgan fingerprint density at radius 2 is 2.07 bits per heavy atom. The molecule has 1 aliphatic heterocycles. The van der Waals surface area contributed by atoms with Crippen molar-refractivity contribution in [2.45, 2.75) is 44.2 Å². The Labute approximate surface area is 173 Å². The number of likely N-dealkylation sites (tertiary alicyclic amines) is 1. The van der Waals surface area contributed by atoms with Gasteiger partial charge in [0.1, 0.15) is 0 Å². The first-order valence-corrected chi connectivity index (χ1v) is 11.5. The molecule has 150 valence electrons. The molecule has 2 N–H and O–H groups in total. The Morgan fingerprint density at radius 1 is 1.21 bits per heavy atom. The third-order valence-electron chi connectivity index (χ3n) is 6.01. The zero-order valence-corrected chi connectivity index (χ0v) is 17.8. The third-order valence-corrected chi connectivity index (χ3v) is 6.95. The van der Waals surface area contributed by atoms with E-state index in [0.29, 0.717) is 23.9 Å². The van der Waals surface area contributed by atoms with E-state index in [1.807, 2.05) is 11.3 Å². The van der Waals surface area contributed by atoms with Gasteiger partial charge in [0.05, 0.1) is 0 Å². The molecule has 1 aromatic heterocycles. The van der Waals surface area contributed by atoms with Gasteiger partial charge in [0.25, 0.3) is 0 Å². The lowest BCUT2D eigenvalue weighted by atomic mass is 9.88. The van der Waals surface area contributed by atoms with E-state index in [2.05, 4.69) is 77.3 Å². The molecule has 2 aliphatic rings. The standard InChI is InChI=1S/C23H32N4S/c1-3-24-23(26-20-15-19(20)17-9-5-4-6-10-17)25-16-18-11-7-13-27(2)22(18)21-12-8-14-28-21/h4-6,8-10,12,14,18-20,22H,3,7,11,13,15-16H2,1-2H3,(H2,24,25,26). The van der Waals surface area contributed by atoms with E-state index in [4.69, 9.17) is 4.99 Å². The van der Waals surface area contributed by atoms with E-state index >= 15 is 0 Å². The van der Waals surface area contributed by atoms with Crippen LogP contribution in [0, 0.1) is 5.92 Å². The van der Waals surface area contributed by atoms with Crippen molar-refractivity contribution >= 4 is 17.3 Å². The largest absolute Gasteiger partial charge is 0.357 e.